The molecule has 1 atom stereocenters. The molecule has 1 saturated heterocycles. The summed E-state index contributed by atoms with van der Waals surface area (Å²) in [5, 5.41) is 3.31. The molecule has 0 spiro atoms. The Labute approximate surface area is 82.7 Å². The van der Waals surface area contributed by atoms with E-state index in [1.54, 1.807) is 12.5 Å². The summed E-state index contributed by atoms with van der Waals surface area (Å²) in [5.41, 5.74) is 0. The first-order valence-corrected chi connectivity index (χ1v) is 4.77. The quantitative estimate of drug-likeness (QED) is 0.658. The summed E-state index contributed by atoms with van der Waals surface area (Å²) in [4.78, 5) is 16.7. The van der Waals surface area contributed by atoms with Crippen LogP contribution in [0.1, 0.15) is 6.17 Å². The van der Waals surface area contributed by atoms with Gasteiger partial charge in [-0.05, 0) is 0 Å². The van der Waals surface area contributed by atoms with Crippen LogP contribution in [0.5, 0.6) is 0 Å². The van der Waals surface area contributed by atoms with E-state index in [9.17, 15) is 4.79 Å². The van der Waals surface area contributed by atoms with Crippen LogP contribution in [0, 0.1) is 0 Å². The number of carbonyl (C=O) groups excluding carboxylic acids is 1. The van der Waals surface area contributed by atoms with E-state index in [2.05, 4.69) is 15.2 Å². The Morgan fingerprint density at radius 1 is 1.64 bits per heavy atom. The van der Waals surface area contributed by atoms with Crippen LogP contribution in [-0.2, 0) is 4.79 Å². The number of nitrogens with one attached hydrogen (secondary N) is 1. The minimum atomic E-state index is 0.219. The highest BCUT2D eigenvalue weighted by atomic mass is 16.1. The van der Waals surface area contributed by atoms with Crippen molar-refractivity contribution in [3.63, 3.8) is 0 Å². The third-order valence-electron chi connectivity index (χ3n) is 2.50. The van der Waals surface area contributed by atoms with Gasteiger partial charge in [0, 0.05) is 32.0 Å². The van der Waals surface area contributed by atoms with Gasteiger partial charge in [-0.25, -0.2) is 4.98 Å². The van der Waals surface area contributed by atoms with Crippen LogP contribution in [0.15, 0.2) is 18.7 Å². The minimum Gasteiger partial charge on any atom is -0.320 e. The van der Waals surface area contributed by atoms with Crippen molar-refractivity contribution in [2.45, 2.75) is 6.17 Å². The van der Waals surface area contributed by atoms with E-state index in [0.717, 1.165) is 25.9 Å². The molecule has 0 radical (unpaired) electrons. The standard InChI is InChI=1S/C9H14N4O/c14-6-5-12-3-1-10-7-9(12)13-4-2-11-8-13/h2,4,6,8-10H,1,3,5,7H2. The van der Waals surface area contributed by atoms with Crippen LogP contribution in [-0.4, -0.2) is 46.9 Å². The topological polar surface area (TPSA) is 50.2 Å². The highest BCUT2D eigenvalue weighted by Crippen LogP contribution is 2.13. The van der Waals surface area contributed by atoms with Crippen LogP contribution >= 0.6 is 0 Å². The van der Waals surface area contributed by atoms with Gasteiger partial charge in [0.05, 0.1) is 12.9 Å². The highest BCUT2D eigenvalue weighted by Gasteiger charge is 2.22. The SMILES string of the molecule is O=CCN1CCNCC1n1ccnc1. The smallest absolute Gasteiger partial charge is 0.134 e. The third kappa shape index (κ3) is 1.83. The van der Waals surface area contributed by atoms with E-state index in [1.165, 1.54) is 0 Å². The predicted octanol–water partition coefficient (Wildman–Crippen LogP) is -0.514. The van der Waals surface area contributed by atoms with Gasteiger partial charge in [0.15, 0.2) is 0 Å². The van der Waals surface area contributed by atoms with E-state index in [1.807, 2.05) is 10.8 Å². The fourth-order valence-electron chi connectivity index (χ4n) is 1.78. The number of hydrogen-bond donors (Lipinski definition) is 1. The molecular weight excluding hydrogens is 180 g/mol. The summed E-state index contributed by atoms with van der Waals surface area (Å²) >= 11 is 0. The van der Waals surface area contributed by atoms with E-state index < -0.39 is 0 Å². The Balaban J connectivity index is 2.10. The average Bonchev–Trinajstić information content (AvgIpc) is 2.72. The van der Waals surface area contributed by atoms with Gasteiger partial charge in [-0.2, -0.15) is 0 Å². The second-order valence-electron chi connectivity index (χ2n) is 3.36. The second kappa shape index (κ2) is 4.34. The maximum Gasteiger partial charge on any atom is 0.134 e. The molecule has 2 heterocycles. The molecular formula is C9H14N4O. The number of hydrogen-bond acceptors (Lipinski definition) is 4. The van der Waals surface area contributed by atoms with Crippen molar-refractivity contribution in [2.24, 2.45) is 0 Å². The van der Waals surface area contributed by atoms with Crippen molar-refractivity contribution in [2.75, 3.05) is 26.2 Å². The molecule has 0 amide bonds. The molecule has 1 N–H and O–H groups in total. The van der Waals surface area contributed by atoms with Gasteiger partial charge in [0.1, 0.15) is 12.5 Å². The van der Waals surface area contributed by atoms with Gasteiger partial charge in [0.2, 0.25) is 0 Å². The van der Waals surface area contributed by atoms with Gasteiger partial charge in [-0.15, -0.1) is 0 Å². The number of aromatic nitrogens is 2. The van der Waals surface area contributed by atoms with Crippen molar-refractivity contribution in [1.82, 2.24) is 19.8 Å². The molecule has 0 saturated carbocycles. The summed E-state index contributed by atoms with van der Waals surface area (Å²) in [6.07, 6.45) is 6.64. The molecule has 76 valence electrons. The Morgan fingerprint density at radius 3 is 3.29 bits per heavy atom. The minimum absolute atomic E-state index is 0.219. The van der Waals surface area contributed by atoms with Crippen molar-refractivity contribution in [3.05, 3.63) is 18.7 Å². The number of piperazine rings is 1. The Bertz CT molecular complexity index is 285. The van der Waals surface area contributed by atoms with E-state index in [0.29, 0.717) is 6.54 Å². The van der Waals surface area contributed by atoms with Crippen LogP contribution in [0.25, 0.3) is 0 Å². The monoisotopic (exact) mass is 194 g/mol. The molecule has 1 fully saturated rings. The van der Waals surface area contributed by atoms with Crippen molar-refractivity contribution >= 4 is 6.29 Å². The lowest BCUT2D eigenvalue weighted by Crippen LogP contribution is -2.48. The second-order valence-corrected chi connectivity index (χ2v) is 3.36. The Kier molecular flexibility index (Phi) is 2.90. The largest absolute Gasteiger partial charge is 0.320 e. The van der Waals surface area contributed by atoms with Gasteiger partial charge >= 0.3 is 0 Å². The van der Waals surface area contributed by atoms with Crippen molar-refractivity contribution in [3.8, 4) is 0 Å². The zero-order valence-corrected chi connectivity index (χ0v) is 7.97. The van der Waals surface area contributed by atoms with Gasteiger partial charge in [-0.3, -0.25) is 4.90 Å². The number of carbonyl (C=O) groups is 1. The normalized spacial score (nSPS) is 23.6. The average molecular weight is 194 g/mol. The van der Waals surface area contributed by atoms with Gasteiger partial charge in [0.25, 0.3) is 0 Å². The molecule has 0 aliphatic carbocycles. The summed E-state index contributed by atoms with van der Waals surface area (Å²) in [7, 11) is 0. The Hall–Kier alpha value is -1.20. The highest BCUT2D eigenvalue weighted by molar-refractivity contribution is 5.52. The van der Waals surface area contributed by atoms with Crippen LogP contribution in [0.4, 0.5) is 0 Å². The van der Waals surface area contributed by atoms with E-state index >= 15 is 0 Å². The molecule has 5 nitrogen and oxygen atoms in total. The Morgan fingerprint density at radius 2 is 2.57 bits per heavy atom. The lowest BCUT2D eigenvalue weighted by Gasteiger charge is -2.35. The van der Waals surface area contributed by atoms with Gasteiger partial charge < -0.3 is 14.7 Å². The third-order valence-corrected chi connectivity index (χ3v) is 2.50. The van der Waals surface area contributed by atoms with Crippen LogP contribution < -0.4 is 5.32 Å². The first kappa shape index (κ1) is 9.36. The predicted molar refractivity (Wildman–Crippen MR) is 51.8 cm³/mol. The number of aldehydes is 1. The summed E-state index contributed by atoms with van der Waals surface area (Å²) in [6.45, 7) is 3.20. The van der Waals surface area contributed by atoms with Crippen molar-refractivity contribution in [1.29, 1.82) is 0 Å². The maximum atomic E-state index is 10.5. The lowest BCUT2D eigenvalue weighted by molar-refractivity contribution is -0.110. The molecule has 14 heavy (non-hydrogen) atoms. The van der Waals surface area contributed by atoms with E-state index in [4.69, 9.17) is 0 Å². The number of nitrogens with zero attached hydrogens (tertiary/aromatic N) is 3. The summed E-state index contributed by atoms with van der Waals surface area (Å²) in [5.74, 6) is 0. The zero-order valence-electron chi connectivity index (χ0n) is 7.97. The number of rotatable bonds is 3. The van der Waals surface area contributed by atoms with Crippen LogP contribution in [0.2, 0.25) is 0 Å². The zero-order chi connectivity index (χ0) is 9.80. The molecule has 0 aromatic carbocycles. The maximum absolute atomic E-state index is 10.5. The first-order chi connectivity index (χ1) is 6.92. The molecule has 2 rings (SSSR count). The van der Waals surface area contributed by atoms with Crippen molar-refractivity contribution < 1.29 is 4.79 Å². The molecule has 1 aliphatic rings. The van der Waals surface area contributed by atoms with Gasteiger partial charge in [-0.1, -0.05) is 0 Å². The fourth-order valence-corrected chi connectivity index (χ4v) is 1.78. The lowest BCUT2D eigenvalue weighted by atomic mass is 10.3. The summed E-state index contributed by atoms with van der Waals surface area (Å²) < 4.78 is 2.02. The molecule has 1 aliphatic heterocycles. The molecule has 0 bridgehead atoms. The summed E-state index contributed by atoms with van der Waals surface area (Å²) in [6, 6.07) is 0. The molecule has 1 aromatic heterocycles. The van der Waals surface area contributed by atoms with E-state index in [-0.39, 0.29) is 6.17 Å². The first-order valence-electron chi connectivity index (χ1n) is 4.77. The molecule has 5 heteroatoms. The molecule has 1 unspecified atom stereocenters. The fraction of sp³-hybridized carbons (Fsp3) is 0.556. The number of imidazole rings is 1. The molecule has 1 aromatic rings. The van der Waals surface area contributed by atoms with Crippen LogP contribution in [0.3, 0.4) is 0 Å².